The molecule has 1 saturated heterocycles. The van der Waals surface area contributed by atoms with Crippen LogP contribution in [0.5, 0.6) is 0 Å². The number of benzene rings is 3. The van der Waals surface area contributed by atoms with Crippen molar-refractivity contribution in [1.29, 1.82) is 0 Å². The highest BCUT2D eigenvalue weighted by molar-refractivity contribution is 5.34. The van der Waals surface area contributed by atoms with Crippen molar-refractivity contribution < 1.29 is 9.47 Å². The van der Waals surface area contributed by atoms with Crippen LogP contribution in [0.2, 0.25) is 0 Å². The first-order valence-corrected chi connectivity index (χ1v) is 11.3. The minimum absolute atomic E-state index is 0.250. The summed E-state index contributed by atoms with van der Waals surface area (Å²) in [5, 5.41) is 0. The molecule has 162 valence electrons. The van der Waals surface area contributed by atoms with Crippen LogP contribution < -0.4 is 0 Å². The maximum Gasteiger partial charge on any atom is 0.0717 e. The fraction of sp³-hybridized carbons (Fsp3) is 0.357. The summed E-state index contributed by atoms with van der Waals surface area (Å²) in [6.45, 7) is 9.05. The lowest BCUT2D eigenvalue weighted by atomic mass is 9.84. The maximum absolute atomic E-state index is 6.39. The molecule has 3 aromatic carbocycles. The lowest BCUT2D eigenvalue weighted by molar-refractivity contribution is -0.0181. The van der Waals surface area contributed by atoms with Crippen molar-refractivity contribution in [3.05, 3.63) is 107 Å². The summed E-state index contributed by atoms with van der Waals surface area (Å²) in [6, 6.07) is 28.6. The van der Waals surface area contributed by atoms with E-state index >= 15 is 0 Å². The average molecular weight is 416 g/mol. The fourth-order valence-electron chi connectivity index (χ4n) is 4.73. The summed E-state index contributed by atoms with van der Waals surface area (Å²) in [5.74, 6) is 0.250. The molecule has 3 heteroatoms. The minimum atomic E-state index is 0.250. The van der Waals surface area contributed by atoms with Crippen molar-refractivity contribution in [1.82, 2.24) is 4.90 Å². The molecule has 0 saturated carbocycles. The molecule has 1 atom stereocenters. The fourth-order valence-corrected chi connectivity index (χ4v) is 4.73. The zero-order valence-electron chi connectivity index (χ0n) is 18.7. The van der Waals surface area contributed by atoms with Gasteiger partial charge in [-0.1, -0.05) is 90.0 Å². The highest BCUT2D eigenvalue weighted by atomic mass is 16.5. The first-order valence-electron chi connectivity index (χ1n) is 11.3. The van der Waals surface area contributed by atoms with Gasteiger partial charge in [0.1, 0.15) is 0 Å². The third-order valence-corrected chi connectivity index (χ3v) is 6.06. The molecule has 0 aromatic heterocycles. The number of aryl methyl sites for hydroxylation is 2. The zero-order valence-corrected chi connectivity index (χ0v) is 18.7. The predicted molar refractivity (Wildman–Crippen MR) is 126 cm³/mol. The molecule has 1 fully saturated rings. The second kappa shape index (κ2) is 10.7. The summed E-state index contributed by atoms with van der Waals surface area (Å²) in [5.41, 5.74) is 6.49. The minimum Gasteiger partial charge on any atom is -0.379 e. The summed E-state index contributed by atoms with van der Waals surface area (Å²) in [7, 11) is 0. The lowest BCUT2D eigenvalue weighted by Crippen LogP contribution is -2.48. The Morgan fingerprint density at radius 3 is 1.90 bits per heavy atom. The number of rotatable bonds is 8. The van der Waals surface area contributed by atoms with Crippen molar-refractivity contribution in [3.8, 4) is 0 Å². The Balaban J connectivity index is 1.60. The maximum atomic E-state index is 6.39. The van der Waals surface area contributed by atoms with Crippen molar-refractivity contribution >= 4 is 0 Å². The highest BCUT2D eigenvalue weighted by Gasteiger charge is 2.31. The highest BCUT2D eigenvalue weighted by Crippen LogP contribution is 2.32. The Morgan fingerprint density at radius 1 is 0.806 bits per heavy atom. The van der Waals surface area contributed by atoms with Crippen molar-refractivity contribution in [3.63, 3.8) is 0 Å². The van der Waals surface area contributed by atoms with Gasteiger partial charge in [-0.15, -0.1) is 0 Å². The first kappa shape index (κ1) is 21.8. The number of nitrogens with zero attached hydrogens (tertiary/aromatic N) is 1. The summed E-state index contributed by atoms with van der Waals surface area (Å²) >= 11 is 0. The number of ether oxygens (including phenoxy) is 2. The quantitative estimate of drug-likeness (QED) is 0.495. The molecule has 3 nitrogen and oxygen atoms in total. The monoisotopic (exact) mass is 415 g/mol. The molecule has 0 aliphatic carbocycles. The van der Waals surface area contributed by atoms with Gasteiger partial charge in [-0.25, -0.2) is 0 Å². The van der Waals surface area contributed by atoms with E-state index in [0.29, 0.717) is 13.2 Å². The Labute approximate surface area is 186 Å². The van der Waals surface area contributed by atoms with E-state index in [4.69, 9.17) is 9.47 Å². The molecule has 0 radical (unpaired) electrons. The van der Waals surface area contributed by atoms with E-state index in [2.05, 4.69) is 97.6 Å². The Bertz CT molecular complexity index is 876. The van der Waals surface area contributed by atoms with E-state index in [1.54, 1.807) is 0 Å². The molecule has 1 aliphatic heterocycles. The molecule has 31 heavy (non-hydrogen) atoms. The molecule has 0 spiro atoms. The third kappa shape index (κ3) is 5.82. The van der Waals surface area contributed by atoms with Crippen LogP contribution in [-0.4, -0.2) is 43.9 Å². The van der Waals surface area contributed by atoms with Gasteiger partial charge in [0.15, 0.2) is 0 Å². The van der Waals surface area contributed by atoms with Gasteiger partial charge in [0.05, 0.1) is 26.4 Å². The van der Waals surface area contributed by atoms with Crippen LogP contribution >= 0.6 is 0 Å². The van der Waals surface area contributed by atoms with Crippen LogP contribution in [0.3, 0.4) is 0 Å². The SMILES string of the molecule is Cc1cc(C)cc(COCC(C(c2ccccc2)c2ccccc2)N2CCOCC2)c1. The molecule has 4 rings (SSSR count). The molecule has 0 N–H and O–H groups in total. The van der Waals surface area contributed by atoms with E-state index < -0.39 is 0 Å². The van der Waals surface area contributed by atoms with E-state index in [0.717, 1.165) is 26.3 Å². The molecule has 1 unspecified atom stereocenters. The van der Waals surface area contributed by atoms with Gasteiger partial charge >= 0.3 is 0 Å². The number of hydrogen-bond acceptors (Lipinski definition) is 3. The van der Waals surface area contributed by atoms with Crippen molar-refractivity contribution in [2.45, 2.75) is 32.4 Å². The van der Waals surface area contributed by atoms with E-state index in [9.17, 15) is 0 Å². The van der Waals surface area contributed by atoms with Gasteiger partial charge in [0.2, 0.25) is 0 Å². The van der Waals surface area contributed by atoms with Gasteiger partial charge < -0.3 is 9.47 Å². The standard InChI is InChI=1S/C28H33NO2/c1-22-17-23(2)19-24(18-22)20-31-21-27(29-13-15-30-16-14-29)28(25-9-5-3-6-10-25)26-11-7-4-8-12-26/h3-12,17-19,27-28H,13-16,20-21H2,1-2H3. The normalized spacial score (nSPS) is 15.8. The molecule has 1 heterocycles. The number of morpholine rings is 1. The lowest BCUT2D eigenvalue weighted by Gasteiger charge is -2.39. The molecule has 1 aliphatic rings. The molecule has 3 aromatic rings. The van der Waals surface area contributed by atoms with Gasteiger partial charge in [-0.2, -0.15) is 0 Å². The van der Waals surface area contributed by atoms with Crippen LogP contribution in [0.25, 0.3) is 0 Å². The van der Waals surface area contributed by atoms with E-state index in [1.165, 1.54) is 27.8 Å². The van der Waals surface area contributed by atoms with Gasteiger partial charge in [0.25, 0.3) is 0 Å². The van der Waals surface area contributed by atoms with Crippen LogP contribution in [0.15, 0.2) is 78.9 Å². The molecular weight excluding hydrogens is 382 g/mol. The van der Waals surface area contributed by atoms with Crippen LogP contribution in [0.4, 0.5) is 0 Å². The molecular formula is C28H33NO2. The first-order chi connectivity index (χ1) is 15.2. The molecule has 0 amide bonds. The summed E-state index contributed by atoms with van der Waals surface area (Å²) in [6.07, 6.45) is 0. The Morgan fingerprint density at radius 2 is 1.35 bits per heavy atom. The topological polar surface area (TPSA) is 21.7 Å². The second-order valence-corrected chi connectivity index (χ2v) is 8.53. The Kier molecular flexibility index (Phi) is 7.52. The second-order valence-electron chi connectivity index (χ2n) is 8.53. The van der Waals surface area contributed by atoms with E-state index in [-0.39, 0.29) is 12.0 Å². The summed E-state index contributed by atoms with van der Waals surface area (Å²) < 4.78 is 12.0. The van der Waals surface area contributed by atoms with Crippen molar-refractivity contribution in [2.75, 3.05) is 32.9 Å². The van der Waals surface area contributed by atoms with Gasteiger partial charge in [-0.05, 0) is 30.5 Å². The average Bonchev–Trinajstić information content (AvgIpc) is 2.80. The van der Waals surface area contributed by atoms with Crippen LogP contribution in [-0.2, 0) is 16.1 Å². The summed E-state index contributed by atoms with van der Waals surface area (Å²) in [4.78, 5) is 2.55. The zero-order chi connectivity index (χ0) is 21.5. The molecule has 0 bridgehead atoms. The Hall–Kier alpha value is -2.46. The predicted octanol–water partition coefficient (Wildman–Crippen LogP) is 5.35. The van der Waals surface area contributed by atoms with Crippen LogP contribution in [0.1, 0.15) is 33.7 Å². The van der Waals surface area contributed by atoms with Gasteiger partial charge in [-0.3, -0.25) is 4.90 Å². The smallest absolute Gasteiger partial charge is 0.0717 e. The third-order valence-electron chi connectivity index (χ3n) is 6.06. The van der Waals surface area contributed by atoms with Crippen molar-refractivity contribution in [2.24, 2.45) is 0 Å². The largest absolute Gasteiger partial charge is 0.379 e. The van der Waals surface area contributed by atoms with E-state index in [1.807, 2.05) is 0 Å². The van der Waals surface area contributed by atoms with Gasteiger partial charge in [0, 0.05) is 25.0 Å². The number of hydrogen-bond donors (Lipinski definition) is 0. The van der Waals surface area contributed by atoms with Crippen LogP contribution in [0, 0.1) is 13.8 Å².